The first-order chi connectivity index (χ1) is 25.7. The average Bonchev–Trinajstić information content (AvgIpc) is 3.53. The van der Waals surface area contributed by atoms with Crippen LogP contribution < -0.4 is 5.19 Å². The summed E-state index contributed by atoms with van der Waals surface area (Å²) in [7, 11) is -1.87. The van der Waals surface area contributed by atoms with Crippen LogP contribution in [0.15, 0.2) is 120 Å². The van der Waals surface area contributed by atoms with Gasteiger partial charge in [0.05, 0.1) is 13.7 Å². The predicted octanol–water partition coefficient (Wildman–Crippen LogP) is 11.0. The van der Waals surface area contributed by atoms with Gasteiger partial charge in [-0.1, -0.05) is 130 Å². The van der Waals surface area contributed by atoms with Gasteiger partial charge in [0.15, 0.2) is 0 Å². The number of nitrogens with zero attached hydrogens (tertiary/aromatic N) is 2. The second-order valence-corrected chi connectivity index (χ2v) is 18.9. The molecule has 3 aromatic heterocycles. The van der Waals surface area contributed by atoms with E-state index in [1.54, 1.807) is 48.8 Å². The Morgan fingerprint density at radius 3 is 2.31 bits per heavy atom. The molecule has 0 spiro atoms. The number of fused-ring (bicyclic) bond motifs is 3. The average molecular weight is 844 g/mol. The van der Waals surface area contributed by atoms with Crippen molar-refractivity contribution in [1.82, 2.24) is 9.97 Å². The third-order valence-corrected chi connectivity index (χ3v) is 9.74. The van der Waals surface area contributed by atoms with Crippen molar-refractivity contribution in [2.24, 2.45) is 5.41 Å². The number of aromatic nitrogens is 2. The van der Waals surface area contributed by atoms with E-state index >= 15 is 0 Å². The van der Waals surface area contributed by atoms with Gasteiger partial charge in [0.1, 0.15) is 5.58 Å². The van der Waals surface area contributed by atoms with Crippen LogP contribution >= 0.6 is 0 Å². The molecule has 0 fully saturated rings. The van der Waals surface area contributed by atoms with E-state index in [4.69, 9.17) is 14.0 Å². The van der Waals surface area contributed by atoms with Crippen LogP contribution in [0.1, 0.15) is 52.6 Å². The molecule has 0 aliphatic carbocycles. The van der Waals surface area contributed by atoms with Crippen molar-refractivity contribution in [3.63, 3.8) is 0 Å². The molecule has 0 saturated carbocycles. The summed E-state index contributed by atoms with van der Waals surface area (Å²) in [5.41, 5.74) is 5.71. The number of benzene rings is 4. The van der Waals surface area contributed by atoms with Crippen LogP contribution in [0.4, 0.5) is 0 Å². The maximum absolute atomic E-state index is 8.88. The van der Waals surface area contributed by atoms with Crippen LogP contribution in [0.5, 0.6) is 0 Å². The van der Waals surface area contributed by atoms with E-state index in [1.165, 1.54) is 6.07 Å². The van der Waals surface area contributed by atoms with Gasteiger partial charge in [-0.15, -0.1) is 53.6 Å². The molecule has 3 nitrogen and oxygen atoms in total. The van der Waals surface area contributed by atoms with Gasteiger partial charge < -0.3 is 14.4 Å². The van der Waals surface area contributed by atoms with E-state index in [0.29, 0.717) is 33.6 Å². The zero-order valence-corrected chi connectivity index (χ0v) is 32.0. The zero-order valence-electron chi connectivity index (χ0n) is 35.6. The predicted molar refractivity (Wildman–Crippen MR) is 204 cm³/mol. The molecule has 4 aromatic carbocycles. The van der Waals surface area contributed by atoms with E-state index in [2.05, 4.69) is 41.7 Å². The topological polar surface area (TPSA) is 38.9 Å². The molecule has 0 N–H and O–H groups in total. The van der Waals surface area contributed by atoms with E-state index in [1.807, 2.05) is 81.4 Å². The molecule has 0 aliphatic rings. The van der Waals surface area contributed by atoms with Crippen molar-refractivity contribution < 1.29 is 34.1 Å². The Labute approximate surface area is 316 Å². The summed E-state index contributed by atoms with van der Waals surface area (Å²) in [6.45, 7) is 10.0. The third-order valence-electron chi connectivity index (χ3n) is 7.73. The van der Waals surface area contributed by atoms with Crippen molar-refractivity contribution >= 4 is 35.2 Å². The first kappa shape index (κ1) is 27.6. The standard InChI is InChI=1S/C22H20NO.C22H24NSi.Ir/c1-22(2,3)14-15-11-12-23-19(13-15)18-9-6-8-17-16-7-4-5-10-20(16)24-21(17)18;1-17-10-12-19(13-11-17)21-15-20(14-18-8-6-5-7-9-18)22(16-23-21)24(2,3)4;/h4-8,10-13H,14H2,1-3H3;5-12,15-16H,14H2,1-4H3;/q2*-1;/i14D2;1D3,14D2;. The molecular weight excluding hydrogens is 793 g/mol. The third kappa shape index (κ3) is 8.91. The van der Waals surface area contributed by atoms with Gasteiger partial charge in [-0.3, -0.25) is 0 Å². The fourth-order valence-corrected chi connectivity index (χ4v) is 6.92. The molecule has 5 heteroatoms. The molecule has 7 aromatic rings. The SMILES string of the molecule is [2H]C([2H])([2H])c1c[c-]c(-c2cc(C([2H])([2H])c3ccccc3)c([Si](C)(C)C)cn2)cc1.[2H]C([2H])(c1ccnc(-c2[c-]ccc3c2oc2ccccc23)c1)C(C)(C)C.[Ir]. The maximum Gasteiger partial charge on any atom is 0.120 e. The van der Waals surface area contributed by atoms with E-state index in [0.717, 1.165) is 32.7 Å². The van der Waals surface area contributed by atoms with Gasteiger partial charge in [-0.05, 0) is 52.4 Å². The number of hydrogen-bond donors (Lipinski definition) is 0. The van der Waals surface area contributed by atoms with Crippen molar-refractivity contribution in [1.29, 1.82) is 0 Å². The van der Waals surface area contributed by atoms with Crippen molar-refractivity contribution in [2.75, 3.05) is 0 Å². The minimum Gasteiger partial charge on any atom is -0.501 e. The summed E-state index contributed by atoms with van der Waals surface area (Å²) >= 11 is 0. The molecule has 251 valence electrons. The summed E-state index contributed by atoms with van der Waals surface area (Å²) in [5.74, 6) is 0. The number of pyridine rings is 2. The Morgan fingerprint density at radius 1 is 0.816 bits per heavy atom. The van der Waals surface area contributed by atoms with Crippen molar-refractivity contribution in [3.05, 3.63) is 150 Å². The van der Waals surface area contributed by atoms with Gasteiger partial charge in [0.2, 0.25) is 0 Å². The van der Waals surface area contributed by atoms with Crippen LogP contribution in [0, 0.1) is 24.4 Å². The quantitative estimate of drug-likeness (QED) is 0.124. The number of para-hydroxylation sites is 1. The second kappa shape index (κ2) is 15.2. The summed E-state index contributed by atoms with van der Waals surface area (Å²) in [6, 6.07) is 37.2. The smallest absolute Gasteiger partial charge is 0.120 e. The van der Waals surface area contributed by atoms with Gasteiger partial charge in [0, 0.05) is 47.5 Å². The molecular formula is C44H44IrN2OSi-2. The number of rotatable bonds is 6. The van der Waals surface area contributed by atoms with Gasteiger partial charge in [-0.25, -0.2) is 0 Å². The largest absolute Gasteiger partial charge is 0.501 e. The van der Waals surface area contributed by atoms with Crippen molar-refractivity contribution in [3.8, 4) is 22.5 Å². The molecule has 7 rings (SSSR count). The first-order valence-electron chi connectivity index (χ1n) is 19.6. The van der Waals surface area contributed by atoms with Gasteiger partial charge in [-0.2, -0.15) is 0 Å². The molecule has 0 aliphatic heterocycles. The molecule has 0 unspecified atom stereocenters. The van der Waals surface area contributed by atoms with Crippen LogP contribution in [-0.2, 0) is 32.9 Å². The minimum atomic E-state index is -2.18. The molecule has 49 heavy (non-hydrogen) atoms. The molecule has 0 bridgehead atoms. The monoisotopic (exact) mass is 844 g/mol. The molecule has 3 heterocycles. The Balaban J connectivity index is 0.000000211. The summed E-state index contributed by atoms with van der Waals surface area (Å²) in [6.07, 6.45) is 0.284. The van der Waals surface area contributed by atoms with Crippen LogP contribution in [0.2, 0.25) is 19.6 Å². The van der Waals surface area contributed by atoms with Gasteiger partial charge in [0.25, 0.3) is 0 Å². The Morgan fingerprint density at radius 2 is 1.59 bits per heavy atom. The molecule has 0 amide bonds. The molecule has 1 radical (unpaired) electrons. The summed E-state index contributed by atoms with van der Waals surface area (Å²) in [4.78, 5) is 9.04. The number of furan rings is 1. The summed E-state index contributed by atoms with van der Waals surface area (Å²) in [5, 5.41) is 3.04. The van der Waals surface area contributed by atoms with E-state index in [-0.39, 0.29) is 25.7 Å². The fraction of sp³-hybridized carbons (Fsp3) is 0.227. The number of aryl methyl sites for hydroxylation is 1. The Bertz CT molecular complexity index is 2450. The second-order valence-electron chi connectivity index (χ2n) is 13.8. The summed E-state index contributed by atoms with van der Waals surface area (Å²) < 4.78 is 63.4. The zero-order chi connectivity index (χ0) is 40.0. The first-order valence-corrected chi connectivity index (χ1v) is 19.6. The van der Waals surface area contributed by atoms with Crippen LogP contribution in [0.3, 0.4) is 0 Å². The molecule has 0 saturated heterocycles. The fourth-order valence-electron chi connectivity index (χ4n) is 5.52. The number of hydrogen-bond acceptors (Lipinski definition) is 3. The van der Waals surface area contributed by atoms with E-state index < -0.39 is 33.1 Å². The van der Waals surface area contributed by atoms with Crippen molar-refractivity contribution in [2.45, 2.75) is 60.0 Å². The molecule has 0 atom stereocenters. The van der Waals surface area contributed by atoms with Gasteiger partial charge >= 0.3 is 0 Å². The Hall–Kier alpha value is -4.15. The van der Waals surface area contributed by atoms with E-state index in [9.17, 15) is 0 Å². The van der Waals surface area contributed by atoms with Crippen LogP contribution in [0.25, 0.3) is 44.5 Å². The van der Waals surface area contributed by atoms with Crippen LogP contribution in [-0.4, -0.2) is 18.0 Å². The minimum absolute atomic E-state index is 0. The Kier molecular flexibility index (Phi) is 8.56. The normalized spacial score (nSPS) is 14.5. The maximum atomic E-state index is 8.88.